The number of Topliss-reactive ketones (excluding diaryl/α,β-unsaturated/α-hetero) is 1. The molecule has 26 nitrogen and oxygen atoms in total. The number of ether oxygens (including phenoxy) is 5. The molecule has 2 fully saturated rings. The first-order valence-corrected chi connectivity index (χ1v) is 50.9. The number of nitro groups is 2. The molecule has 1 amide bonds. The normalized spacial score (nSPS) is 13.9. The summed E-state index contributed by atoms with van der Waals surface area (Å²) < 4.78 is 172. The maximum absolute atomic E-state index is 13.0. The van der Waals surface area contributed by atoms with Crippen molar-refractivity contribution in [3.63, 3.8) is 0 Å². The summed E-state index contributed by atoms with van der Waals surface area (Å²) in [6.45, 7) is 14.4. The number of amides is 1. The van der Waals surface area contributed by atoms with E-state index in [1.54, 1.807) is 87.8 Å². The van der Waals surface area contributed by atoms with E-state index in [1.807, 2.05) is 119 Å². The monoisotopic (exact) mass is 2150 g/mol. The fourth-order valence-corrected chi connectivity index (χ4v) is 19.0. The number of carbonyl (C=O) groups excluding carboxylic acids is 4. The minimum absolute atomic E-state index is 0.0285. The van der Waals surface area contributed by atoms with E-state index in [1.165, 1.54) is 66.4 Å². The number of pyridine rings is 2. The average Bonchev–Trinajstić information content (AvgIpc) is 1.59. The van der Waals surface area contributed by atoms with Gasteiger partial charge in [-0.25, -0.2) is 23.2 Å². The zero-order valence-electron chi connectivity index (χ0n) is 83.3. The third-order valence-corrected chi connectivity index (χ3v) is 26.5. The average molecular weight is 2160 g/mol. The smallest absolute Gasteiger partial charge is 0.416 e. The molecule has 4 heterocycles. The van der Waals surface area contributed by atoms with Crippen LogP contribution in [-0.2, 0) is 81.9 Å². The van der Waals surface area contributed by atoms with Gasteiger partial charge in [-0.15, -0.1) is 0 Å². The van der Waals surface area contributed by atoms with E-state index in [4.69, 9.17) is 39.7 Å². The molecular weight excluding hydrogens is 2040 g/mol. The number of benzene rings is 9. The number of carbonyl (C=O) groups is 4. The summed E-state index contributed by atoms with van der Waals surface area (Å²) in [6, 6.07) is 64.0. The Morgan fingerprint density at radius 3 is 1.90 bits per heavy atom. The summed E-state index contributed by atoms with van der Waals surface area (Å²) in [5, 5.41) is 27.2. The van der Waals surface area contributed by atoms with Crippen LogP contribution in [-0.4, -0.2) is 151 Å². The van der Waals surface area contributed by atoms with Gasteiger partial charge in [0.05, 0.1) is 109 Å². The summed E-state index contributed by atoms with van der Waals surface area (Å²) >= 11 is 9.79. The number of hydrogen-bond acceptors (Lipinski definition) is 23. The minimum Gasteiger partial charge on any atom is -0.493 e. The molecule has 12 aromatic rings. The van der Waals surface area contributed by atoms with Crippen LogP contribution in [0.15, 0.2) is 257 Å². The summed E-state index contributed by atoms with van der Waals surface area (Å²) in [5.41, 5.74) is 9.89. The van der Waals surface area contributed by atoms with Crippen LogP contribution in [0.4, 0.5) is 62.3 Å². The number of non-ortho nitro benzene ring substituents is 2. The Morgan fingerprint density at radius 2 is 1.28 bits per heavy atom. The third kappa shape index (κ3) is 36.7. The molecular formula is C110H119BrClF9N10O16S. The van der Waals surface area contributed by atoms with Gasteiger partial charge in [0.25, 0.3) is 17.3 Å². The molecule has 3 atom stereocenters. The van der Waals surface area contributed by atoms with Crippen LogP contribution in [0.1, 0.15) is 194 Å². The van der Waals surface area contributed by atoms with Crippen molar-refractivity contribution >= 4 is 83.7 Å². The largest absolute Gasteiger partial charge is 0.493 e. The van der Waals surface area contributed by atoms with Crippen LogP contribution in [0.5, 0.6) is 17.2 Å². The van der Waals surface area contributed by atoms with Gasteiger partial charge in [0, 0.05) is 119 Å². The van der Waals surface area contributed by atoms with E-state index in [-0.39, 0.29) is 85.9 Å². The number of hydrogen-bond donors (Lipinski definition) is 2. The van der Waals surface area contributed by atoms with Gasteiger partial charge in [-0.1, -0.05) is 128 Å². The number of nitrogens with zero attached hydrogens (tertiary/aromatic N) is 8. The van der Waals surface area contributed by atoms with E-state index in [0.29, 0.717) is 112 Å². The van der Waals surface area contributed by atoms with Crippen LogP contribution < -0.4 is 29.7 Å². The summed E-state index contributed by atoms with van der Waals surface area (Å²) in [6.07, 6.45) is -1.01. The first-order valence-electron chi connectivity index (χ1n) is 48.1. The van der Waals surface area contributed by atoms with Gasteiger partial charge in [-0.2, -0.15) is 39.5 Å². The molecule has 148 heavy (non-hydrogen) atoms. The molecule has 0 bridgehead atoms. The lowest BCUT2D eigenvalue weighted by Crippen LogP contribution is -2.42. The summed E-state index contributed by atoms with van der Waals surface area (Å²) in [4.78, 5) is 88.0. The predicted molar refractivity (Wildman–Crippen MR) is 551 cm³/mol. The number of aromatic nitrogens is 3. The standard InChI is InChI=1S/C20H18ClNO2S.C20H20F3NO3.C18H21BrN2O2.C18H18F3N3O3.C18H24N2O4.C16H18F3NO2/c1-15-10-11-20(18(21)13-15)25(23,24)14-17(16-7-3-2-4-8-16)19-9-5-6-12-22-19;1-3-27-19(26)16-11-12-17(24-13(16)2)18(25)6-4-5-14-7-9-15(10-8-14)20(21,22)23;1-21(2)16-7-4-3-6-15(16)20-12-13-10-14(19)18-17(11-13)22-8-5-9-23-18;1-23(11-14-4-8-16(9-5-14)24(26)27)10-13-2-6-15(7-3-13)17(25)22-12-18(19,20)21;1-2-24-18(21)16-7-4-8-17(16)19(14-9-10-14)12-13-5-3-6-15(11-13)20(22)23;1-3-8-21-14-6-5-13(16(17,18)19)9-12(14)4-7-15-20-10-11(2)22-15/h2-13,17H,14H2,1H3;7-12H,3-6H2,1-2H3;3-4,6-7,10-11,20H,5,8-9,12H2,1-2H3;2-9H,10-12H2,1H3,(H,22,25);3,5-6,11,14,16-17H,2,4,7-10,12H2,1H3;5-6,9-10H,3-4,7-8H2,1-2H3. The van der Waals surface area contributed by atoms with Crippen LogP contribution >= 0.6 is 27.5 Å². The van der Waals surface area contributed by atoms with Gasteiger partial charge in [-0.05, 0) is 257 Å². The van der Waals surface area contributed by atoms with Crippen molar-refractivity contribution in [1.82, 2.24) is 30.1 Å². The molecule has 3 aromatic heterocycles. The highest BCUT2D eigenvalue weighted by Crippen LogP contribution is 2.43. The number of ketones is 1. The molecule has 0 saturated heterocycles. The van der Waals surface area contributed by atoms with Crippen molar-refractivity contribution in [2.75, 3.05) is 76.7 Å². The Morgan fingerprint density at radius 1 is 0.628 bits per heavy atom. The van der Waals surface area contributed by atoms with Crippen molar-refractivity contribution in [2.45, 2.75) is 186 Å². The third-order valence-electron chi connectivity index (χ3n) is 23.6. The number of anilines is 2. The van der Waals surface area contributed by atoms with Crippen LogP contribution in [0, 0.1) is 46.9 Å². The van der Waals surface area contributed by atoms with Gasteiger partial charge < -0.3 is 43.6 Å². The molecule has 1 aliphatic heterocycles. The Labute approximate surface area is 867 Å². The number of halogens is 11. The highest BCUT2D eigenvalue weighted by atomic mass is 79.9. The lowest BCUT2D eigenvalue weighted by atomic mass is 9.97. The first kappa shape index (κ1) is 116. The molecule has 3 aliphatic rings. The second kappa shape index (κ2) is 56.0. The highest BCUT2D eigenvalue weighted by Gasteiger charge is 2.44. The van der Waals surface area contributed by atoms with Gasteiger partial charge in [0.15, 0.2) is 33.0 Å². The molecule has 15 rings (SSSR count). The number of nitrogens with one attached hydrogen (secondary N) is 2. The molecule has 2 aliphatic carbocycles. The molecule has 2 N–H and O–H groups in total. The maximum atomic E-state index is 13.0. The fourth-order valence-electron chi connectivity index (χ4n) is 16.2. The topological polar surface area (TPSA) is 320 Å². The fraction of sp³-hybridized carbons (Fsp3) is 0.355. The molecule has 2 saturated carbocycles. The van der Waals surface area contributed by atoms with Crippen molar-refractivity contribution in [3.05, 3.63) is 368 Å². The minimum atomic E-state index is -4.45. The highest BCUT2D eigenvalue weighted by molar-refractivity contribution is 9.10. The van der Waals surface area contributed by atoms with Gasteiger partial charge in [0.1, 0.15) is 23.7 Å². The molecule has 0 radical (unpaired) electrons. The molecule has 9 aromatic carbocycles. The number of para-hydroxylation sites is 2. The van der Waals surface area contributed by atoms with Crippen molar-refractivity contribution in [2.24, 2.45) is 5.92 Å². The Kier molecular flexibility index (Phi) is 44.0. The van der Waals surface area contributed by atoms with E-state index >= 15 is 0 Å². The Bertz CT molecular complexity index is 6460. The molecule has 788 valence electrons. The number of esters is 2. The number of nitro benzene ring substituents is 2. The first-order chi connectivity index (χ1) is 70.5. The van der Waals surface area contributed by atoms with E-state index in [0.717, 1.165) is 142 Å². The Balaban J connectivity index is 0.000000182. The summed E-state index contributed by atoms with van der Waals surface area (Å²) in [7, 11) is 2.38. The van der Waals surface area contributed by atoms with E-state index in [9.17, 15) is 87.3 Å². The predicted octanol–water partition coefficient (Wildman–Crippen LogP) is 25.1. The molecule has 38 heteroatoms. The lowest BCUT2D eigenvalue weighted by Gasteiger charge is -2.32. The van der Waals surface area contributed by atoms with Crippen molar-refractivity contribution in [3.8, 4) is 17.2 Å². The van der Waals surface area contributed by atoms with Crippen molar-refractivity contribution in [1.29, 1.82) is 0 Å². The number of alkyl halides is 9. The second-order valence-electron chi connectivity index (χ2n) is 35.5. The van der Waals surface area contributed by atoms with Crippen LogP contribution in [0.25, 0.3) is 0 Å². The SMILES string of the molecule is CCCOc1ccc(C(F)(F)F)cc1CCc1ncc(C)o1.CCOC(=O)C1CCCC1N(Cc1cccc([N+](=O)[O-])c1)C1CC1.CCOC(=O)c1ccc(C(=O)CCCc2ccc(C(F)(F)F)cc2)nc1C.CN(C)c1ccccc1NCc1cc(Br)c2c(c1)OCCCO2.CN(Cc1ccc(C(=O)NCC(F)(F)F)cc1)Cc1ccc([N+](=O)[O-])cc1.Cc1ccc(S(=O)(=O)CC(c2ccccc2)c2ccccn2)c(Cl)c1. The number of oxazole rings is 1. The number of sulfone groups is 1. The maximum Gasteiger partial charge on any atom is 0.416 e. The van der Waals surface area contributed by atoms with Gasteiger partial charge >= 0.3 is 30.5 Å². The number of rotatable bonds is 36. The van der Waals surface area contributed by atoms with Crippen LogP contribution in [0.2, 0.25) is 5.02 Å². The zero-order chi connectivity index (χ0) is 107. The van der Waals surface area contributed by atoms with Crippen molar-refractivity contribution < 1.29 is 105 Å². The number of fused-ring (bicyclic) bond motifs is 1. The molecule has 3 unspecified atom stereocenters. The van der Waals surface area contributed by atoms with E-state index in [2.05, 4.69) is 70.3 Å². The number of aryl methyl sites for hydroxylation is 6. The van der Waals surface area contributed by atoms with Crippen LogP contribution in [0.3, 0.4) is 0 Å². The second-order valence-corrected chi connectivity index (χ2v) is 38.8. The van der Waals surface area contributed by atoms with E-state index < -0.39 is 62.8 Å². The quantitative estimate of drug-likeness (QED) is 0.0121. The zero-order valence-corrected chi connectivity index (χ0v) is 86.5. The molecule has 0 spiro atoms. The Hall–Kier alpha value is -13.6. The lowest BCUT2D eigenvalue weighted by molar-refractivity contribution is -0.385. The van der Waals surface area contributed by atoms with Gasteiger partial charge in [0.2, 0.25) is 0 Å². The summed E-state index contributed by atoms with van der Waals surface area (Å²) in [5.74, 6) is 1.25. The van der Waals surface area contributed by atoms with Gasteiger partial charge in [-0.3, -0.25) is 49.4 Å².